The number of nitrogens with one attached hydrogen (secondary N) is 1. The molecule has 0 aliphatic heterocycles. The Balaban J connectivity index is 2.28. The van der Waals surface area contributed by atoms with Crippen molar-refractivity contribution in [1.29, 1.82) is 0 Å². The van der Waals surface area contributed by atoms with E-state index >= 15 is 0 Å². The van der Waals surface area contributed by atoms with Crippen LogP contribution in [-0.4, -0.2) is 10.8 Å². The van der Waals surface area contributed by atoms with E-state index in [4.69, 9.17) is 0 Å². The summed E-state index contributed by atoms with van der Waals surface area (Å²) in [5.74, 6) is -0.390. The Bertz CT molecular complexity index is 701. The summed E-state index contributed by atoms with van der Waals surface area (Å²) >= 11 is 3.12. The van der Waals surface area contributed by atoms with Gasteiger partial charge in [-0.15, -0.1) is 0 Å². The highest BCUT2D eigenvalue weighted by Crippen LogP contribution is 2.28. The van der Waals surface area contributed by atoms with E-state index in [1.54, 1.807) is 6.07 Å². The molecule has 0 saturated heterocycles. The topological polar surface area (TPSA) is 72.2 Å². The van der Waals surface area contributed by atoms with Crippen molar-refractivity contribution in [2.24, 2.45) is 0 Å². The second-order valence-electron chi connectivity index (χ2n) is 4.40. The van der Waals surface area contributed by atoms with E-state index in [1.165, 1.54) is 18.2 Å². The minimum Gasteiger partial charge on any atom is -0.322 e. The van der Waals surface area contributed by atoms with Gasteiger partial charge in [0.15, 0.2) is 0 Å². The van der Waals surface area contributed by atoms with Gasteiger partial charge in [0.1, 0.15) is 4.47 Å². The van der Waals surface area contributed by atoms with E-state index in [-0.39, 0.29) is 21.6 Å². The maximum atomic E-state index is 12.2. The summed E-state index contributed by atoms with van der Waals surface area (Å²) in [5.41, 5.74) is 1.86. The quantitative estimate of drug-likeness (QED) is 0.665. The van der Waals surface area contributed by atoms with Crippen LogP contribution in [0.2, 0.25) is 0 Å². The fourth-order valence-electron chi connectivity index (χ4n) is 1.90. The molecule has 2 rings (SSSR count). The first-order valence-electron chi connectivity index (χ1n) is 6.36. The number of aryl methyl sites for hydroxylation is 1. The highest BCUT2D eigenvalue weighted by Gasteiger charge is 2.19. The van der Waals surface area contributed by atoms with Gasteiger partial charge in [-0.2, -0.15) is 0 Å². The van der Waals surface area contributed by atoms with E-state index in [1.807, 2.05) is 25.1 Å². The predicted molar refractivity (Wildman–Crippen MR) is 84.6 cm³/mol. The van der Waals surface area contributed by atoms with Gasteiger partial charge < -0.3 is 5.32 Å². The molecule has 0 bridgehead atoms. The Morgan fingerprint density at radius 2 is 2.00 bits per heavy atom. The van der Waals surface area contributed by atoms with Crippen molar-refractivity contribution in [1.82, 2.24) is 0 Å². The van der Waals surface area contributed by atoms with E-state index in [9.17, 15) is 14.9 Å². The molecule has 1 N–H and O–H groups in total. The predicted octanol–water partition coefficient (Wildman–Crippen LogP) is 4.17. The molecule has 0 aliphatic carbocycles. The molecule has 0 heterocycles. The monoisotopic (exact) mass is 348 g/mol. The van der Waals surface area contributed by atoms with E-state index in [0.717, 1.165) is 12.0 Å². The standard InChI is InChI=1S/C15H13BrN2O3/c1-2-10-5-3-6-11(9-10)17-15(19)12-7-4-8-13(14(12)16)18(20)21/h3-9H,2H2,1H3,(H,17,19). The summed E-state index contributed by atoms with van der Waals surface area (Å²) < 4.78 is 0.180. The number of benzene rings is 2. The molecule has 5 nitrogen and oxygen atoms in total. The number of hydrogen-bond acceptors (Lipinski definition) is 3. The highest BCUT2D eigenvalue weighted by molar-refractivity contribution is 9.10. The molecule has 0 aliphatic rings. The largest absolute Gasteiger partial charge is 0.322 e. The maximum absolute atomic E-state index is 12.2. The first-order valence-corrected chi connectivity index (χ1v) is 7.15. The lowest BCUT2D eigenvalue weighted by Crippen LogP contribution is -2.13. The SMILES string of the molecule is CCc1cccc(NC(=O)c2cccc([N+](=O)[O-])c2Br)c1. The lowest BCUT2D eigenvalue weighted by molar-refractivity contribution is -0.385. The number of halogens is 1. The van der Waals surface area contributed by atoms with Crippen molar-refractivity contribution in [3.63, 3.8) is 0 Å². The van der Waals surface area contributed by atoms with Crippen LogP contribution in [0.15, 0.2) is 46.9 Å². The molecule has 1 amide bonds. The lowest BCUT2D eigenvalue weighted by Gasteiger charge is -2.08. The zero-order valence-electron chi connectivity index (χ0n) is 11.3. The minimum atomic E-state index is -0.529. The number of nitro groups is 1. The van der Waals surface area contributed by atoms with Crippen molar-refractivity contribution in [3.05, 3.63) is 68.2 Å². The molecule has 6 heteroatoms. The molecular weight excluding hydrogens is 336 g/mol. The zero-order chi connectivity index (χ0) is 15.4. The lowest BCUT2D eigenvalue weighted by atomic mass is 10.1. The number of anilines is 1. The van der Waals surface area contributed by atoms with Gasteiger partial charge >= 0.3 is 0 Å². The fraction of sp³-hybridized carbons (Fsp3) is 0.133. The van der Waals surface area contributed by atoms with Crippen molar-refractivity contribution in [2.75, 3.05) is 5.32 Å². The van der Waals surface area contributed by atoms with Gasteiger partial charge in [-0.1, -0.05) is 25.1 Å². The van der Waals surface area contributed by atoms with Gasteiger partial charge in [-0.3, -0.25) is 14.9 Å². The first kappa shape index (κ1) is 15.2. The van der Waals surface area contributed by atoms with E-state index < -0.39 is 4.92 Å². The molecule has 21 heavy (non-hydrogen) atoms. The number of carbonyl (C=O) groups is 1. The van der Waals surface area contributed by atoms with Crippen LogP contribution in [-0.2, 0) is 6.42 Å². The van der Waals surface area contributed by atoms with E-state index in [2.05, 4.69) is 21.2 Å². The molecule has 0 spiro atoms. The van der Waals surface area contributed by atoms with Gasteiger partial charge in [0.25, 0.3) is 11.6 Å². The third-order valence-corrected chi connectivity index (χ3v) is 3.85. The number of rotatable bonds is 4. The average Bonchev–Trinajstić information content (AvgIpc) is 2.47. The molecule has 0 saturated carbocycles. The smallest absolute Gasteiger partial charge is 0.284 e. The van der Waals surface area contributed by atoms with Gasteiger partial charge in [0.2, 0.25) is 0 Å². The van der Waals surface area contributed by atoms with Gasteiger partial charge in [0, 0.05) is 11.8 Å². The van der Waals surface area contributed by atoms with Crippen LogP contribution in [0.1, 0.15) is 22.8 Å². The molecule has 0 aromatic heterocycles. The number of nitro benzene ring substituents is 1. The Labute approximate surface area is 130 Å². The highest BCUT2D eigenvalue weighted by atomic mass is 79.9. The van der Waals surface area contributed by atoms with Crippen LogP contribution < -0.4 is 5.32 Å². The van der Waals surface area contributed by atoms with Crippen molar-refractivity contribution < 1.29 is 9.72 Å². The van der Waals surface area contributed by atoms with Gasteiger partial charge in [-0.05, 0) is 46.1 Å². The summed E-state index contributed by atoms with van der Waals surface area (Å²) in [6.45, 7) is 2.03. The molecule has 0 atom stereocenters. The third-order valence-electron chi connectivity index (χ3n) is 3.01. The maximum Gasteiger partial charge on any atom is 0.284 e. The molecular formula is C15H13BrN2O3. The molecule has 0 unspecified atom stereocenters. The molecule has 2 aromatic carbocycles. The van der Waals surface area contributed by atoms with Crippen LogP contribution in [0.4, 0.5) is 11.4 Å². The molecule has 0 radical (unpaired) electrons. The van der Waals surface area contributed by atoms with Crippen molar-refractivity contribution >= 4 is 33.2 Å². The summed E-state index contributed by atoms with van der Waals surface area (Å²) in [4.78, 5) is 22.6. The molecule has 2 aromatic rings. The summed E-state index contributed by atoms with van der Waals surface area (Å²) in [7, 11) is 0. The summed E-state index contributed by atoms with van der Waals surface area (Å²) in [6.07, 6.45) is 0.865. The first-order chi connectivity index (χ1) is 10.0. The van der Waals surface area contributed by atoms with Crippen LogP contribution >= 0.6 is 15.9 Å². The Hall–Kier alpha value is -2.21. The second kappa shape index (κ2) is 6.49. The normalized spacial score (nSPS) is 10.2. The third kappa shape index (κ3) is 3.46. The van der Waals surface area contributed by atoms with Gasteiger partial charge in [0.05, 0.1) is 10.5 Å². The minimum absolute atomic E-state index is 0.134. The zero-order valence-corrected chi connectivity index (χ0v) is 12.9. The van der Waals surface area contributed by atoms with Crippen LogP contribution in [0.5, 0.6) is 0 Å². The molecule has 108 valence electrons. The van der Waals surface area contributed by atoms with Crippen LogP contribution in [0.3, 0.4) is 0 Å². The van der Waals surface area contributed by atoms with Crippen LogP contribution in [0, 0.1) is 10.1 Å². The number of carbonyl (C=O) groups excluding carboxylic acids is 1. The summed E-state index contributed by atoms with van der Waals surface area (Å²) in [5, 5.41) is 13.6. The number of amides is 1. The van der Waals surface area contributed by atoms with Gasteiger partial charge in [-0.25, -0.2) is 0 Å². The van der Waals surface area contributed by atoms with Crippen molar-refractivity contribution in [2.45, 2.75) is 13.3 Å². The second-order valence-corrected chi connectivity index (χ2v) is 5.20. The van der Waals surface area contributed by atoms with Crippen LogP contribution in [0.25, 0.3) is 0 Å². The number of nitrogens with zero attached hydrogens (tertiary/aromatic N) is 1. The fourth-order valence-corrected chi connectivity index (χ4v) is 2.49. The Morgan fingerprint density at radius 1 is 1.29 bits per heavy atom. The Morgan fingerprint density at radius 3 is 2.67 bits per heavy atom. The Kier molecular flexibility index (Phi) is 4.70. The van der Waals surface area contributed by atoms with Crippen molar-refractivity contribution in [3.8, 4) is 0 Å². The average molecular weight is 349 g/mol. The summed E-state index contributed by atoms with van der Waals surface area (Å²) in [6, 6.07) is 11.9. The number of hydrogen-bond donors (Lipinski definition) is 1. The molecule has 0 fully saturated rings. The van der Waals surface area contributed by atoms with E-state index in [0.29, 0.717) is 5.69 Å².